The molecule has 204 valence electrons. The van der Waals surface area contributed by atoms with Gasteiger partial charge in [0.1, 0.15) is 0 Å². The van der Waals surface area contributed by atoms with Gasteiger partial charge in [-0.25, -0.2) is 0 Å². The molecule has 11 heteroatoms. The first-order chi connectivity index (χ1) is 18.5. The number of amides is 1. The highest BCUT2D eigenvalue weighted by Gasteiger charge is 2.32. The van der Waals surface area contributed by atoms with Gasteiger partial charge in [0.25, 0.3) is 5.91 Å². The predicted octanol–water partition coefficient (Wildman–Crippen LogP) is 4.98. The highest BCUT2D eigenvalue weighted by molar-refractivity contribution is 6.32. The van der Waals surface area contributed by atoms with Crippen molar-refractivity contribution in [1.82, 2.24) is 10.6 Å². The molecule has 0 atom stereocenters. The van der Waals surface area contributed by atoms with Crippen molar-refractivity contribution >= 4 is 28.9 Å². The Morgan fingerprint density at radius 2 is 1.95 bits per heavy atom. The van der Waals surface area contributed by atoms with Crippen molar-refractivity contribution in [2.75, 3.05) is 16.9 Å². The van der Waals surface area contributed by atoms with Gasteiger partial charge < -0.3 is 32.3 Å². The fraction of sp³-hybridized carbons (Fsp3) is 0.250. The number of alkyl halides is 3. The van der Waals surface area contributed by atoms with E-state index >= 15 is 0 Å². The number of rotatable bonds is 6. The average Bonchev–Trinajstić information content (AvgIpc) is 3.30. The first-order valence-electron chi connectivity index (χ1n) is 12.2. The van der Waals surface area contributed by atoms with Gasteiger partial charge in [0.2, 0.25) is 0 Å². The molecule has 2 aromatic carbocycles. The Hall–Kier alpha value is -4.23. The molecule has 7 nitrogen and oxygen atoms in total. The predicted molar refractivity (Wildman–Crippen MR) is 147 cm³/mol. The molecule has 2 aromatic rings. The Balaban J connectivity index is 1.52. The monoisotopic (exact) mass is 556 g/mol. The molecule has 1 amide bonds. The molecule has 4 rings (SSSR count). The molecule has 1 fully saturated rings. The van der Waals surface area contributed by atoms with Crippen molar-refractivity contribution in [3.63, 3.8) is 0 Å². The SMILES string of the molecule is CC1=CN(c2cc(NC(=O)c3ccc(Cl)c(C#C/C(N)=C/C=C(\N)NC4CCC4)c3)cc(C(F)(F)F)c2)CN1. The number of anilines is 2. The molecule has 1 heterocycles. The number of nitrogens with two attached hydrogens (primary N) is 2. The Morgan fingerprint density at radius 3 is 2.59 bits per heavy atom. The topological polar surface area (TPSA) is 108 Å². The van der Waals surface area contributed by atoms with Crippen LogP contribution in [0.1, 0.15) is 47.7 Å². The van der Waals surface area contributed by atoms with Crippen LogP contribution in [0.3, 0.4) is 0 Å². The summed E-state index contributed by atoms with van der Waals surface area (Å²) in [4.78, 5) is 14.6. The van der Waals surface area contributed by atoms with E-state index in [0.717, 1.165) is 30.7 Å². The lowest BCUT2D eigenvalue weighted by atomic mass is 9.93. The van der Waals surface area contributed by atoms with Gasteiger partial charge in [-0.3, -0.25) is 4.79 Å². The summed E-state index contributed by atoms with van der Waals surface area (Å²) >= 11 is 6.25. The molecular weight excluding hydrogens is 529 g/mol. The highest BCUT2D eigenvalue weighted by atomic mass is 35.5. The average molecular weight is 557 g/mol. The van der Waals surface area contributed by atoms with Crippen LogP contribution in [-0.2, 0) is 6.18 Å². The van der Waals surface area contributed by atoms with Crippen molar-refractivity contribution in [2.45, 2.75) is 38.4 Å². The number of carbonyl (C=O) groups is 1. The van der Waals surface area contributed by atoms with E-state index in [2.05, 4.69) is 27.8 Å². The molecule has 39 heavy (non-hydrogen) atoms. The standard InChI is InChI=1S/C28H28ClF3N6O/c1-17-15-38(16-35-17)24-13-20(28(30,31)32)12-23(14-24)37-27(39)19-6-9-25(29)18(11-19)5-7-21(33)8-10-26(34)36-22-3-2-4-22/h6,8-15,22,35-36H,2-4,16,33-34H2,1H3,(H,37,39)/b21-8-,26-10+. The molecule has 0 unspecified atom stereocenters. The molecule has 0 aromatic heterocycles. The maximum Gasteiger partial charge on any atom is 0.416 e. The van der Waals surface area contributed by atoms with Gasteiger partial charge in [0.15, 0.2) is 0 Å². The minimum Gasteiger partial charge on any atom is -0.392 e. The van der Waals surface area contributed by atoms with Crippen LogP contribution in [0.4, 0.5) is 24.5 Å². The summed E-state index contributed by atoms with van der Waals surface area (Å²) in [5.74, 6) is 5.46. The molecule has 0 saturated heterocycles. The summed E-state index contributed by atoms with van der Waals surface area (Å²) in [6.45, 7) is 2.12. The summed E-state index contributed by atoms with van der Waals surface area (Å²) in [5, 5.41) is 9.06. The Kier molecular flexibility index (Phi) is 8.31. The molecule has 1 aliphatic carbocycles. The molecule has 1 saturated carbocycles. The number of benzene rings is 2. The van der Waals surface area contributed by atoms with Gasteiger partial charge in [0.05, 0.1) is 28.8 Å². The Labute approximate surface area is 229 Å². The number of halogens is 4. The molecule has 0 bridgehead atoms. The first kappa shape index (κ1) is 27.8. The van der Waals surface area contributed by atoms with Crippen LogP contribution in [0.5, 0.6) is 0 Å². The van der Waals surface area contributed by atoms with Gasteiger partial charge in [-0.05, 0) is 80.7 Å². The van der Waals surface area contributed by atoms with Crippen LogP contribution in [-0.4, -0.2) is 18.6 Å². The maximum atomic E-state index is 13.6. The van der Waals surface area contributed by atoms with Gasteiger partial charge in [-0.15, -0.1) is 0 Å². The Morgan fingerprint density at radius 1 is 1.18 bits per heavy atom. The number of nitrogens with zero attached hydrogens (tertiary/aromatic N) is 1. The number of allylic oxidation sites excluding steroid dienone is 4. The molecule has 7 N–H and O–H groups in total. The van der Waals surface area contributed by atoms with E-state index < -0.39 is 17.6 Å². The minimum atomic E-state index is -4.59. The quantitative estimate of drug-likeness (QED) is 0.254. The summed E-state index contributed by atoms with van der Waals surface area (Å²) in [6.07, 6.45) is 3.64. The zero-order valence-electron chi connectivity index (χ0n) is 21.1. The summed E-state index contributed by atoms with van der Waals surface area (Å²) in [5.41, 5.74) is 12.8. The molecule has 2 aliphatic rings. The van der Waals surface area contributed by atoms with E-state index in [1.54, 1.807) is 30.2 Å². The zero-order valence-corrected chi connectivity index (χ0v) is 21.9. The summed E-state index contributed by atoms with van der Waals surface area (Å²) < 4.78 is 40.7. The van der Waals surface area contributed by atoms with Crippen LogP contribution in [0.25, 0.3) is 0 Å². The normalized spacial score (nSPS) is 16.0. The smallest absolute Gasteiger partial charge is 0.392 e. The van der Waals surface area contributed by atoms with E-state index in [0.29, 0.717) is 29.1 Å². The van der Waals surface area contributed by atoms with Crippen LogP contribution in [0.2, 0.25) is 5.02 Å². The van der Waals surface area contributed by atoms with Crippen molar-refractivity contribution in [3.05, 3.63) is 93.7 Å². The van der Waals surface area contributed by atoms with E-state index in [1.807, 2.05) is 0 Å². The van der Waals surface area contributed by atoms with E-state index in [-0.39, 0.29) is 22.6 Å². The molecular formula is C28H28ClF3N6O. The van der Waals surface area contributed by atoms with E-state index in [1.165, 1.54) is 30.7 Å². The van der Waals surface area contributed by atoms with Crippen LogP contribution < -0.4 is 32.3 Å². The van der Waals surface area contributed by atoms with Crippen molar-refractivity contribution in [1.29, 1.82) is 0 Å². The second-order valence-electron chi connectivity index (χ2n) is 9.30. The minimum absolute atomic E-state index is 0.00238. The second kappa shape index (κ2) is 11.7. The fourth-order valence-corrected chi connectivity index (χ4v) is 4.04. The van der Waals surface area contributed by atoms with Gasteiger partial charge >= 0.3 is 6.18 Å². The number of nitrogens with one attached hydrogen (secondary N) is 3. The van der Waals surface area contributed by atoms with E-state index in [9.17, 15) is 18.0 Å². The van der Waals surface area contributed by atoms with Crippen LogP contribution in [0.15, 0.2) is 72.0 Å². The lowest BCUT2D eigenvalue weighted by Gasteiger charge is -2.27. The van der Waals surface area contributed by atoms with Crippen LogP contribution >= 0.6 is 11.6 Å². The summed E-state index contributed by atoms with van der Waals surface area (Å²) in [7, 11) is 0. The second-order valence-corrected chi connectivity index (χ2v) is 9.71. The first-order valence-corrected chi connectivity index (χ1v) is 12.6. The number of carbonyl (C=O) groups excluding carboxylic acids is 1. The summed E-state index contributed by atoms with van der Waals surface area (Å²) in [6, 6.07) is 8.19. The third-order valence-electron chi connectivity index (χ3n) is 6.20. The van der Waals surface area contributed by atoms with E-state index in [4.69, 9.17) is 23.1 Å². The molecule has 1 aliphatic heterocycles. The van der Waals surface area contributed by atoms with Crippen LogP contribution in [0, 0.1) is 11.8 Å². The Bertz CT molecular complexity index is 1420. The van der Waals surface area contributed by atoms with Gasteiger partial charge in [0, 0.05) is 40.4 Å². The van der Waals surface area contributed by atoms with Gasteiger partial charge in [-0.2, -0.15) is 13.2 Å². The van der Waals surface area contributed by atoms with Gasteiger partial charge in [-0.1, -0.05) is 17.5 Å². The number of hydrogen-bond acceptors (Lipinski definition) is 6. The lowest BCUT2D eigenvalue weighted by Crippen LogP contribution is -2.37. The third-order valence-corrected chi connectivity index (χ3v) is 6.53. The largest absolute Gasteiger partial charge is 0.416 e. The fourth-order valence-electron chi connectivity index (χ4n) is 3.88. The number of hydrogen-bond donors (Lipinski definition) is 5. The lowest BCUT2D eigenvalue weighted by molar-refractivity contribution is -0.137. The molecule has 0 radical (unpaired) electrons. The zero-order chi connectivity index (χ0) is 28.2. The molecule has 0 spiro atoms. The maximum absolute atomic E-state index is 13.6. The third kappa shape index (κ3) is 7.42. The van der Waals surface area contributed by atoms with Crippen molar-refractivity contribution in [3.8, 4) is 11.8 Å². The highest BCUT2D eigenvalue weighted by Crippen LogP contribution is 2.35. The van der Waals surface area contributed by atoms with Crippen molar-refractivity contribution < 1.29 is 18.0 Å². The van der Waals surface area contributed by atoms with Crippen molar-refractivity contribution in [2.24, 2.45) is 11.5 Å².